The summed E-state index contributed by atoms with van der Waals surface area (Å²) in [6.07, 6.45) is 5.68. The molecule has 134 valence electrons. The lowest BCUT2D eigenvalue weighted by Crippen LogP contribution is -2.39. The number of H-pyrrole nitrogens is 1. The van der Waals surface area contributed by atoms with Crippen LogP contribution in [0.3, 0.4) is 0 Å². The van der Waals surface area contributed by atoms with Crippen LogP contribution in [0.5, 0.6) is 11.5 Å². The molecule has 0 aliphatic carbocycles. The van der Waals surface area contributed by atoms with Gasteiger partial charge in [0.1, 0.15) is 12.2 Å². The van der Waals surface area contributed by atoms with Crippen LogP contribution in [0.4, 0.5) is 0 Å². The second-order valence-electron chi connectivity index (χ2n) is 6.16. The maximum absolute atomic E-state index is 12.8. The number of amides is 1. The summed E-state index contributed by atoms with van der Waals surface area (Å²) in [6, 6.07) is 5.78. The van der Waals surface area contributed by atoms with Crippen LogP contribution < -0.4 is 9.47 Å². The zero-order chi connectivity index (χ0) is 17.6. The summed E-state index contributed by atoms with van der Waals surface area (Å²) < 4.78 is 10.6. The van der Waals surface area contributed by atoms with Crippen molar-refractivity contribution in [2.75, 3.05) is 20.8 Å². The number of nitrogens with zero attached hydrogens (tertiary/aromatic N) is 3. The topological polar surface area (TPSA) is 80.3 Å². The molecule has 1 aliphatic rings. The van der Waals surface area contributed by atoms with Crippen LogP contribution in [0.2, 0.25) is 0 Å². The lowest BCUT2D eigenvalue weighted by atomic mass is 10.00. The van der Waals surface area contributed by atoms with Crippen molar-refractivity contribution in [1.29, 1.82) is 0 Å². The number of rotatable bonds is 6. The smallest absolute Gasteiger partial charge is 0.223 e. The Morgan fingerprint density at radius 1 is 1.28 bits per heavy atom. The number of nitrogens with one attached hydrogen (secondary N) is 1. The fourth-order valence-electron chi connectivity index (χ4n) is 3.32. The minimum Gasteiger partial charge on any atom is -0.493 e. The van der Waals surface area contributed by atoms with E-state index in [1.807, 2.05) is 23.1 Å². The second kappa shape index (κ2) is 8.00. The van der Waals surface area contributed by atoms with Crippen LogP contribution in [0.25, 0.3) is 0 Å². The van der Waals surface area contributed by atoms with Crippen molar-refractivity contribution in [2.45, 2.75) is 38.1 Å². The number of benzene rings is 1. The SMILES string of the molecule is COc1ccc(CCC(=O)N2CCCC[C@@H]2c2ncn[nH]2)cc1OC. The van der Waals surface area contributed by atoms with E-state index in [0.717, 1.165) is 37.2 Å². The molecule has 7 heteroatoms. The van der Waals surface area contributed by atoms with Gasteiger partial charge >= 0.3 is 0 Å². The average molecular weight is 344 g/mol. The molecule has 7 nitrogen and oxygen atoms in total. The predicted molar refractivity (Wildman–Crippen MR) is 92.6 cm³/mol. The van der Waals surface area contributed by atoms with Crippen molar-refractivity contribution in [1.82, 2.24) is 20.1 Å². The summed E-state index contributed by atoms with van der Waals surface area (Å²) in [4.78, 5) is 18.9. The third kappa shape index (κ3) is 3.92. The van der Waals surface area contributed by atoms with Gasteiger partial charge in [-0.3, -0.25) is 9.89 Å². The van der Waals surface area contributed by atoms with E-state index in [-0.39, 0.29) is 11.9 Å². The van der Waals surface area contributed by atoms with Crippen molar-refractivity contribution in [3.8, 4) is 11.5 Å². The van der Waals surface area contributed by atoms with Gasteiger partial charge in [-0.1, -0.05) is 6.07 Å². The number of aromatic nitrogens is 3. The van der Waals surface area contributed by atoms with E-state index in [1.165, 1.54) is 6.33 Å². The maximum atomic E-state index is 12.8. The van der Waals surface area contributed by atoms with E-state index in [0.29, 0.717) is 24.3 Å². The van der Waals surface area contributed by atoms with Gasteiger partial charge in [-0.15, -0.1) is 0 Å². The molecule has 0 radical (unpaired) electrons. The first-order valence-electron chi connectivity index (χ1n) is 8.58. The Labute approximate surface area is 147 Å². The Balaban J connectivity index is 1.65. The Hall–Kier alpha value is -2.57. The number of likely N-dealkylation sites (tertiary alicyclic amines) is 1. The van der Waals surface area contributed by atoms with Crippen LogP contribution in [0, 0.1) is 0 Å². The van der Waals surface area contributed by atoms with Gasteiger partial charge in [0.15, 0.2) is 11.5 Å². The highest BCUT2D eigenvalue weighted by molar-refractivity contribution is 5.77. The molecule has 1 N–H and O–H groups in total. The Morgan fingerprint density at radius 3 is 2.84 bits per heavy atom. The molecule has 2 heterocycles. The van der Waals surface area contributed by atoms with E-state index in [9.17, 15) is 4.79 Å². The van der Waals surface area contributed by atoms with Gasteiger partial charge in [-0.25, -0.2) is 4.98 Å². The molecule has 1 atom stereocenters. The number of aromatic amines is 1. The zero-order valence-electron chi connectivity index (χ0n) is 14.7. The predicted octanol–water partition coefficient (Wildman–Crippen LogP) is 2.51. The number of carbonyl (C=O) groups excluding carboxylic acids is 1. The van der Waals surface area contributed by atoms with Gasteiger partial charge in [0.05, 0.1) is 20.3 Å². The molecule has 1 amide bonds. The van der Waals surface area contributed by atoms with Gasteiger partial charge < -0.3 is 14.4 Å². The quantitative estimate of drug-likeness (QED) is 0.871. The van der Waals surface area contributed by atoms with Gasteiger partial charge in [-0.2, -0.15) is 5.10 Å². The first-order chi connectivity index (χ1) is 12.2. The highest BCUT2D eigenvalue weighted by atomic mass is 16.5. The number of methoxy groups -OCH3 is 2. The highest BCUT2D eigenvalue weighted by Crippen LogP contribution is 2.30. The molecule has 0 saturated carbocycles. The summed E-state index contributed by atoms with van der Waals surface area (Å²) in [5, 5.41) is 6.83. The van der Waals surface area contributed by atoms with Crippen LogP contribution in [-0.4, -0.2) is 46.8 Å². The molecule has 1 aromatic carbocycles. The fourth-order valence-corrected chi connectivity index (χ4v) is 3.32. The Bertz CT molecular complexity index is 702. The summed E-state index contributed by atoms with van der Waals surface area (Å²) in [5.41, 5.74) is 1.05. The van der Waals surface area contributed by atoms with Crippen molar-refractivity contribution in [3.05, 3.63) is 35.9 Å². The minimum absolute atomic E-state index is 0.00848. The number of aryl methyl sites for hydroxylation is 1. The van der Waals surface area contributed by atoms with Crippen LogP contribution in [-0.2, 0) is 11.2 Å². The maximum Gasteiger partial charge on any atom is 0.223 e. The van der Waals surface area contributed by atoms with E-state index in [4.69, 9.17) is 9.47 Å². The molecule has 1 saturated heterocycles. The number of carbonyl (C=O) groups is 1. The fraction of sp³-hybridized carbons (Fsp3) is 0.500. The Kier molecular flexibility index (Phi) is 5.53. The minimum atomic E-state index is 0.00848. The normalized spacial score (nSPS) is 17.4. The molecular formula is C18H24N4O3. The summed E-state index contributed by atoms with van der Waals surface area (Å²) >= 11 is 0. The number of piperidine rings is 1. The number of hydrogen-bond acceptors (Lipinski definition) is 5. The van der Waals surface area contributed by atoms with Crippen molar-refractivity contribution >= 4 is 5.91 Å². The molecule has 1 fully saturated rings. The molecule has 0 unspecified atom stereocenters. The van der Waals surface area contributed by atoms with Crippen molar-refractivity contribution < 1.29 is 14.3 Å². The average Bonchev–Trinajstić information content (AvgIpc) is 3.20. The van der Waals surface area contributed by atoms with Gasteiger partial charge in [0.2, 0.25) is 5.91 Å². The van der Waals surface area contributed by atoms with E-state index < -0.39 is 0 Å². The highest BCUT2D eigenvalue weighted by Gasteiger charge is 2.29. The van der Waals surface area contributed by atoms with Crippen molar-refractivity contribution in [3.63, 3.8) is 0 Å². The lowest BCUT2D eigenvalue weighted by molar-refractivity contribution is -0.135. The number of hydrogen-bond donors (Lipinski definition) is 1. The molecule has 1 aromatic heterocycles. The van der Waals surface area contributed by atoms with E-state index >= 15 is 0 Å². The van der Waals surface area contributed by atoms with Crippen LogP contribution in [0.15, 0.2) is 24.5 Å². The Morgan fingerprint density at radius 2 is 2.12 bits per heavy atom. The van der Waals surface area contributed by atoms with Gasteiger partial charge in [-0.05, 0) is 43.4 Å². The second-order valence-corrected chi connectivity index (χ2v) is 6.16. The third-order valence-electron chi connectivity index (χ3n) is 4.65. The standard InChI is InChI=1S/C18H24N4O3/c1-24-15-8-6-13(11-16(15)25-2)7-9-17(23)22-10-4-3-5-14(22)18-19-12-20-21-18/h6,8,11-12,14H,3-5,7,9-10H2,1-2H3,(H,19,20,21)/t14-/m1/s1. The van der Waals surface area contributed by atoms with Crippen LogP contribution >= 0.6 is 0 Å². The summed E-state index contributed by atoms with van der Waals surface area (Å²) in [7, 11) is 3.23. The summed E-state index contributed by atoms with van der Waals surface area (Å²) in [5.74, 6) is 2.30. The zero-order valence-corrected chi connectivity index (χ0v) is 14.7. The van der Waals surface area contributed by atoms with Gasteiger partial charge in [0, 0.05) is 13.0 Å². The number of ether oxygens (including phenoxy) is 2. The molecule has 1 aliphatic heterocycles. The molecule has 0 bridgehead atoms. The molecule has 25 heavy (non-hydrogen) atoms. The van der Waals surface area contributed by atoms with E-state index in [1.54, 1.807) is 14.2 Å². The lowest BCUT2D eigenvalue weighted by Gasteiger charge is -2.34. The first-order valence-corrected chi connectivity index (χ1v) is 8.58. The first kappa shape index (κ1) is 17.3. The largest absolute Gasteiger partial charge is 0.493 e. The summed E-state index contributed by atoms with van der Waals surface area (Å²) in [6.45, 7) is 0.774. The van der Waals surface area contributed by atoms with Crippen molar-refractivity contribution in [2.24, 2.45) is 0 Å². The molecular weight excluding hydrogens is 320 g/mol. The van der Waals surface area contributed by atoms with Crippen LogP contribution in [0.1, 0.15) is 43.1 Å². The molecule has 3 rings (SSSR count). The molecule has 2 aromatic rings. The van der Waals surface area contributed by atoms with E-state index in [2.05, 4.69) is 15.2 Å². The monoisotopic (exact) mass is 344 g/mol. The van der Waals surface area contributed by atoms with Gasteiger partial charge in [0.25, 0.3) is 0 Å². The third-order valence-corrected chi connectivity index (χ3v) is 4.65. The molecule has 0 spiro atoms.